The van der Waals surface area contributed by atoms with Crippen LogP contribution in [0.15, 0.2) is 30.3 Å². The first-order valence-corrected chi connectivity index (χ1v) is 8.12. The molecule has 5 heteroatoms. The number of rotatable bonds is 5. The number of amides is 1. The lowest BCUT2D eigenvalue weighted by Crippen LogP contribution is -2.47. The van der Waals surface area contributed by atoms with E-state index < -0.39 is 0 Å². The average Bonchev–Trinajstić information content (AvgIpc) is 3.07. The molecule has 1 aromatic rings. The van der Waals surface area contributed by atoms with Gasteiger partial charge in [-0.1, -0.05) is 30.3 Å². The van der Waals surface area contributed by atoms with Crippen LogP contribution >= 0.6 is 0 Å². The predicted octanol–water partition coefficient (Wildman–Crippen LogP) is 1.48. The Morgan fingerprint density at radius 3 is 2.82 bits per heavy atom. The Morgan fingerprint density at radius 2 is 2.05 bits per heavy atom. The minimum atomic E-state index is 0.100. The third-order valence-electron chi connectivity index (χ3n) is 4.20. The summed E-state index contributed by atoms with van der Waals surface area (Å²) < 4.78 is 5.81. The monoisotopic (exact) mass is 304 g/mol. The maximum absolute atomic E-state index is 12.3. The van der Waals surface area contributed by atoms with E-state index in [1.165, 1.54) is 5.56 Å². The molecular formula is C17H24N2O3. The van der Waals surface area contributed by atoms with Gasteiger partial charge in [0.05, 0.1) is 19.3 Å². The molecule has 1 amide bonds. The zero-order chi connectivity index (χ0) is 15.2. The van der Waals surface area contributed by atoms with Crippen molar-refractivity contribution in [1.29, 1.82) is 0 Å². The summed E-state index contributed by atoms with van der Waals surface area (Å²) in [5, 5.41) is 1.90. The van der Waals surface area contributed by atoms with E-state index in [1.807, 2.05) is 28.2 Å². The smallest absolute Gasteiger partial charge is 0.224 e. The molecule has 0 radical (unpaired) electrons. The van der Waals surface area contributed by atoms with Gasteiger partial charge in [-0.2, -0.15) is 5.06 Å². The van der Waals surface area contributed by atoms with E-state index in [1.54, 1.807) is 0 Å². The summed E-state index contributed by atoms with van der Waals surface area (Å²) in [7, 11) is 0. The molecule has 2 heterocycles. The van der Waals surface area contributed by atoms with Crippen LogP contribution in [0.5, 0.6) is 0 Å². The van der Waals surface area contributed by atoms with Crippen molar-refractivity contribution in [3.63, 3.8) is 0 Å². The molecule has 0 N–H and O–H groups in total. The fraction of sp³-hybridized carbons (Fsp3) is 0.588. The van der Waals surface area contributed by atoms with E-state index in [0.29, 0.717) is 32.7 Å². The van der Waals surface area contributed by atoms with E-state index in [2.05, 4.69) is 12.1 Å². The number of ether oxygens (including phenoxy) is 1. The molecule has 0 saturated carbocycles. The molecule has 0 aromatic heterocycles. The van der Waals surface area contributed by atoms with Crippen LogP contribution in [0.4, 0.5) is 0 Å². The van der Waals surface area contributed by atoms with Gasteiger partial charge in [-0.25, -0.2) is 0 Å². The first-order valence-electron chi connectivity index (χ1n) is 8.12. The van der Waals surface area contributed by atoms with Crippen molar-refractivity contribution in [3.8, 4) is 0 Å². The van der Waals surface area contributed by atoms with Gasteiger partial charge in [0, 0.05) is 39.0 Å². The standard InChI is InChI=1S/C17H24N2O3/c20-17(7-9-19-8-4-11-22-19)18-10-12-21-16(14-18)13-15-5-2-1-3-6-15/h1-3,5-6,16H,4,7-14H2. The maximum Gasteiger partial charge on any atom is 0.224 e. The number of carbonyl (C=O) groups excluding carboxylic acids is 1. The van der Waals surface area contributed by atoms with Crippen LogP contribution in [0.2, 0.25) is 0 Å². The number of hydroxylamine groups is 2. The summed E-state index contributed by atoms with van der Waals surface area (Å²) in [4.78, 5) is 19.7. The zero-order valence-corrected chi connectivity index (χ0v) is 12.9. The number of hydrogen-bond donors (Lipinski definition) is 0. The van der Waals surface area contributed by atoms with Crippen molar-refractivity contribution in [2.24, 2.45) is 0 Å². The number of nitrogens with zero attached hydrogens (tertiary/aromatic N) is 2. The number of carbonyl (C=O) groups is 1. The van der Waals surface area contributed by atoms with Gasteiger partial charge in [0.25, 0.3) is 0 Å². The summed E-state index contributed by atoms with van der Waals surface area (Å²) in [6.07, 6.45) is 2.55. The molecule has 1 aromatic carbocycles. The van der Waals surface area contributed by atoms with E-state index in [4.69, 9.17) is 9.57 Å². The van der Waals surface area contributed by atoms with Crippen molar-refractivity contribution < 1.29 is 14.4 Å². The Hall–Kier alpha value is -1.43. The van der Waals surface area contributed by atoms with Crippen LogP contribution in [0.1, 0.15) is 18.4 Å². The highest BCUT2D eigenvalue weighted by Gasteiger charge is 2.25. The lowest BCUT2D eigenvalue weighted by atomic mass is 10.1. The van der Waals surface area contributed by atoms with Crippen molar-refractivity contribution in [3.05, 3.63) is 35.9 Å². The highest BCUT2D eigenvalue weighted by atomic mass is 16.7. The molecule has 2 saturated heterocycles. The average molecular weight is 304 g/mol. The van der Waals surface area contributed by atoms with Gasteiger partial charge in [0.1, 0.15) is 0 Å². The Kier molecular flexibility index (Phi) is 5.43. The molecule has 0 bridgehead atoms. The normalized spacial score (nSPS) is 22.9. The SMILES string of the molecule is O=C(CCN1CCCO1)N1CCOC(Cc2ccccc2)C1. The van der Waals surface area contributed by atoms with Crippen LogP contribution in [0.25, 0.3) is 0 Å². The Bertz CT molecular complexity index is 474. The van der Waals surface area contributed by atoms with E-state index in [0.717, 1.165) is 26.0 Å². The molecule has 2 aliphatic rings. The first-order chi connectivity index (χ1) is 10.8. The van der Waals surface area contributed by atoms with Gasteiger partial charge in [-0.3, -0.25) is 9.63 Å². The van der Waals surface area contributed by atoms with E-state index in [-0.39, 0.29) is 12.0 Å². The van der Waals surface area contributed by atoms with Crippen molar-refractivity contribution >= 4 is 5.91 Å². The van der Waals surface area contributed by atoms with Gasteiger partial charge in [-0.05, 0) is 12.0 Å². The molecule has 120 valence electrons. The second-order valence-corrected chi connectivity index (χ2v) is 5.89. The largest absolute Gasteiger partial charge is 0.374 e. The zero-order valence-electron chi connectivity index (χ0n) is 12.9. The maximum atomic E-state index is 12.3. The summed E-state index contributed by atoms with van der Waals surface area (Å²) in [6.45, 7) is 4.43. The quantitative estimate of drug-likeness (QED) is 0.826. The molecule has 0 aliphatic carbocycles. The third kappa shape index (κ3) is 4.29. The Balaban J connectivity index is 1.46. The van der Waals surface area contributed by atoms with E-state index in [9.17, 15) is 4.79 Å². The lowest BCUT2D eigenvalue weighted by molar-refractivity contribution is -0.145. The lowest BCUT2D eigenvalue weighted by Gasteiger charge is -2.33. The molecule has 0 spiro atoms. The van der Waals surface area contributed by atoms with Crippen molar-refractivity contribution in [2.45, 2.75) is 25.4 Å². The van der Waals surface area contributed by atoms with Crippen LogP contribution < -0.4 is 0 Å². The Morgan fingerprint density at radius 1 is 1.18 bits per heavy atom. The number of benzene rings is 1. The minimum Gasteiger partial charge on any atom is -0.374 e. The summed E-state index contributed by atoms with van der Waals surface area (Å²) >= 11 is 0. The second-order valence-electron chi connectivity index (χ2n) is 5.89. The van der Waals surface area contributed by atoms with E-state index >= 15 is 0 Å². The van der Waals surface area contributed by atoms with Gasteiger partial charge in [0.2, 0.25) is 5.91 Å². The third-order valence-corrected chi connectivity index (χ3v) is 4.20. The molecule has 3 rings (SSSR count). The first kappa shape index (κ1) is 15.5. The number of morpholine rings is 1. The number of hydrogen-bond acceptors (Lipinski definition) is 4. The summed E-state index contributed by atoms with van der Waals surface area (Å²) in [5.74, 6) is 0.205. The van der Waals surface area contributed by atoms with Crippen molar-refractivity contribution in [1.82, 2.24) is 9.96 Å². The van der Waals surface area contributed by atoms with Gasteiger partial charge in [-0.15, -0.1) is 0 Å². The van der Waals surface area contributed by atoms with Crippen LogP contribution in [-0.2, 0) is 20.8 Å². The molecule has 1 unspecified atom stereocenters. The molecule has 2 fully saturated rings. The highest BCUT2D eigenvalue weighted by Crippen LogP contribution is 2.13. The van der Waals surface area contributed by atoms with Gasteiger partial charge in [0.15, 0.2) is 0 Å². The molecule has 1 atom stereocenters. The summed E-state index contributed by atoms with van der Waals surface area (Å²) in [5.41, 5.74) is 1.26. The molecule has 5 nitrogen and oxygen atoms in total. The van der Waals surface area contributed by atoms with Crippen molar-refractivity contribution in [2.75, 3.05) is 39.4 Å². The minimum absolute atomic E-state index is 0.100. The predicted molar refractivity (Wildman–Crippen MR) is 83.2 cm³/mol. The van der Waals surface area contributed by atoms with Gasteiger partial charge >= 0.3 is 0 Å². The van der Waals surface area contributed by atoms with Crippen LogP contribution in [-0.4, -0.2) is 61.4 Å². The topological polar surface area (TPSA) is 42.0 Å². The second kappa shape index (κ2) is 7.72. The molecule has 2 aliphatic heterocycles. The van der Waals surface area contributed by atoms with Crippen LogP contribution in [0.3, 0.4) is 0 Å². The van der Waals surface area contributed by atoms with Gasteiger partial charge < -0.3 is 9.64 Å². The Labute approximate surface area is 131 Å². The highest BCUT2D eigenvalue weighted by molar-refractivity contribution is 5.76. The summed E-state index contributed by atoms with van der Waals surface area (Å²) in [6, 6.07) is 10.3. The fourth-order valence-electron chi connectivity index (χ4n) is 3.00. The van der Waals surface area contributed by atoms with Crippen LogP contribution in [0, 0.1) is 0 Å². The molecule has 22 heavy (non-hydrogen) atoms. The molecular weight excluding hydrogens is 280 g/mol. The fourth-order valence-corrected chi connectivity index (χ4v) is 3.00.